The quantitative estimate of drug-likeness (QED) is 0.162. The van der Waals surface area contributed by atoms with Crippen LogP contribution in [0, 0.1) is 17.3 Å². The summed E-state index contributed by atoms with van der Waals surface area (Å²) in [6, 6.07) is 12.5. The number of carbonyl (C=O) groups is 4. The number of amides is 3. The SMILES string of the molecule is CCn1c(-c2cccnc2[C@H](C)OC)c2c3cc(ccc31)-c1cc(O)cc(c1)C[C@H](NC(=O)C(C(C)C)N(C)C(=O)[C@H]1C[C@@H]1N)C(=O)N1CCC[C@H](N1)C(=O)OCC(C)(C)C2. The number of fused-ring (bicyclic) bond motifs is 6. The van der Waals surface area contributed by atoms with Crippen LogP contribution < -0.4 is 16.5 Å². The molecule has 4 heterocycles. The molecule has 1 saturated heterocycles. The Hall–Kier alpha value is -5.31. The zero-order valence-electron chi connectivity index (χ0n) is 36.7. The number of likely N-dealkylation sites (N-methyl/N-ethyl adjacent to an activating group) is 1. The van der Waals surface area contributed by atoms with E-state index in [9.17, 15) is 24.3 Å². The Kier molecular flexibility index (Phi) is 12.6. The zero-order chi connectivity index (χ0) is 43.9. The van der Waals surface area contributed by atoms with Gasteiger partial charge >= 0.3 is 5.97 Å². The molecular formula is C47H61N7O7. The van der Waals surface area contributed by atoms with Crippen LogP contribution in [0.1, 0.15) is 83.7 Å². The fourth-order valence-corrected chi connectivity index (χ4v) is 9.15. The van der Waals surface area contributed by atoms with Crippen molar-refractivity contribution in [1.29, 1.82) is 0 Å². The Morgan fingerprint density at radius 2 is 1.89 bits per heavy atom. The predicted octanol–water partition coefficient (Wildman–Crippen LogP) is 5.28. The molecule has 0 radical (unpaired) electrons. The van der Waals surface area contributed by atoms with Crippen LogP contribution >= 0.6 is 0 Å². The summed E-state index contributed by atoms with van der Waals surface area (Å²) in [5, 5.41) is 16.6. The van der Waals surface area contributed by atoms with Crippen LogP contribution in [0.2, 0.25) is 0 Å². The topological polar surface area (TPSA) is 181 Å². The number of hydrazine groups is 1. The van der Waals surface area contributed by atoms with Gasteiger partial charge in [0.1, 0.15) is 23.9 Å². The number of nitrogens with one attached hydrogen (secondary N) is 2. The minimum absolute atomic E-state index is 0.00585. The number of carbonyl (C=O) groups excluding carboxylic acids is 4. The highest BCUT2D eigenvalue weighted by Crippen LogP contribution is 2.42. The Balaban J connectivity index is 1.35. The zero-order valence-corrected chi connectivity index (χ0v) is 36.7. The molecule has 2 aromatic heterocycles. The number of aryl methyl sites for hydroxylation is 1. The summed E-state index contributed by atoms with van der Waals surface area (Å²) in [4.78, 5) is 62.2. The number of hydrogen-bond donors (Lipinski definition) is 4. The molecule has 7 rings (SSSR count). The largest absolute Gasteiger partial charge is 0.508 e. The molecule has 326 valence electrons. The van der Waals surface area contributed by atoms with Crippen molar-refractivity contribution in [3.8, 4) is 28.1 Å². The summed E-state index contributed by atoms with van der Waals surface area (Å²) < 4.78 is 14.2. The number of aromatic hydroxyl groups is 1. The molecule has 0 spiro atoms. The first-order chi connectivity index (χ1) is 29.0. The maximum absolute atomic E-state index is 14.6. The van der Waals surface area contributed by atoms with Gasteiger partial charge in [0.25, 0.3) is 5.91 Å². The number of pyridine rings is 1. The van der Waals surface area contributed by atoms with Gasteiger partial charge in [0.15, 0.2) is 0 Å². The summed E-state index contributed by atoms with van der Waals surface area (Å²) in [5.74, 6) is -2.22. The van der Waals surface area contributed by atoms with Gasteiger partial charge < -0.3 is 35.1 Å². The second kappa shape index (κ2) is 17.6. The van der Waals surface area contributed by atoms with Crippen LogP contribution in [0.15, 0.2) is 54.7 Å². The number of phenols is 1. The van der Waals surface area contributed by atoms with Crippen molar-refractivity contribution in [3.63, 3.8) is 0 Å². The fourth-order valence-electron chi connectivity index (χ4n) is 9.15. The molecule has 3 amide bonds. The van der Waals surface area contributed by atoms with E-state index < -0.39 is 41.3 Å². The molecule has 1 saturated carbocycles. The molecule has 5 N–H and O–H groups in total. The van der Waals surface area contributed by atoms with Crippen molar-refractivity contribution < 1.29 is 33.8 Å². The molecule has 14 heteroatoms. The van der Waals surface area contributed by atoms with E-state index in [1.54, 1.807) is 32.5 Å². The van der Waals surface area contributed by atoms with Crippen LogP contribution in [0.4, 0.5) is 0 Å². The van der Waals surface area contributed by atoms with E-state index in [0.29, 0.717) is 44.3 Å². The predicted molar refractivity (Wildman–Crippen MR) is 233 cm³/mol. The molecular weight excluding hydrogens is 775 g/mol. The molecule has 14 nitrogen and oxygen atoms in total. The molecule has 1 aliphatic carbocycles. The standard InChI is InChI=1S/C47H61N7O7/c1-9-53-39-15-14-29-22-33(39)35(42(53)32-12-10-16-49-40(32)27(4)60-8)24-47(5,6)25-61-46(59)37-13-11-17-54(51-37)45(58)38(20-28-18-30(29)21-31(55)19-28)50-43(56)41(26(2)3)52(7)44(57)34-23-36(34)48/h10,12,14-16,18-19,21-22,26-27,34,36-38,41,51,55H,9,11,13,17,20,23-25,48H2,1-8H3,(H,50,56)/t27-,34-,36-,37-,38-,41?/m0/s1. The minimum Gasteiger partial charge on any atom is -0.508 e. The summed E-state index contributed by atoms with van der Waals surface area (Å²) >= 11 is 0. The third-order valence-electron chi connectivity index (χ3n) is 12.5. The molecule has 6 atom stereocenters. The van der Waals surface area contributed by atoms with E-state index in [1.165, 1.54) is 9.91 Å². The average molecular weight is 836 g/mol. The number of cyclic esters (lactones) is 1. The van der Waals surface area contributed by atoms with Gasteiger partial charge in [-0.25, -0.2) is 5.43 Å². The second-order valence-corrected chi connectivity index (χ2v) is 18.2. The van der Waals surface area contributed by atoms with Gasteiger partial charge in [-0.3, -0.25) is 29.2 Å². The lowest BCUT2D eigenvalue weighted by Gasteiger charge is -2.36. The number of hydrogen-bond acceptors (Lipinski definition) is 10. The van der Waals surface area contributed by atoms with Gasteiger partial charge in [0, 0.05) is 67.8 Å². The number of rotatable bonds is 9. The highest BCUT2D eigenvalue weighted by Gasteiger charge is 2.45. The second-order valence-electron chi connectivity index (χ2n) is 18.2. The number of benzene rings is 2. The van der Waals surface area contributed by atoms with Gasteiger partial charge in [-0.1, -0.05) is 39.8 Å². The lowest BCUT2D eigenvalue weighted by molar-refractivity contribution is -0.155. The van der Waals surface area contributed by atoms with Gasteiger partial charge in [0.05, 0.1) is 30.0 Å². The Morgan fingerprint density at radius 3 is 2.57 bits per heavy atom. The number of methoxy groups -OCH3 is 1. The molecule has 2 aliphatic heterocycles. The van der Waals surface area contributed by atoms with Crippen molar-refractivity contribution in [3.05, 3.63) is 71.5 Å². The molecule has 2 fully saturated rings. The highest BCUT2D eigenvalue weighted by atomic mass is 16.5. The number of nitrogens with zero attached hydrogens (tertiary/aromatic N) is 4. The van der Waals surface area contributed by atoms with Crippen LogP contribution in [-0.4, -0.2) is 99.7 Å². The smallest absolute Gasteiger partial charge is 0.324 e. The van der Waals surface area contributed by atoms with Crippen LogP contribution in [0.25, 0.3) is 33.3 Å². The first-order valence-corrected chi connectivity index (χ1v) is 21.5. The Morgan fingerprint density at radius 1 is 1.13 bits per heavy atom. The van der Waals surface area contributed by atoms with Crippen LogP contribution in [-0.2, 0) is 48.0 Å². The van der Waals surface area contributed by atoms with Crippen molar-refractivity contribution in [2.24, 2.45) is 23.0 Å². The molecule has 2 aromatic carbocycles. The van der Waals surface area contributed by atoms with E-state index in [0.717, 1.165) is 44.5 Å². The maximum atomic E-state index is 14.6. The monoisotopic (exact) mass is 835 g/mol. The molecule has 1 unspecified atom stereocenters. The van der Waals surface area contributed by atoms with Crippen LogP contribution in [0.5, 0.6) is 5.75 Å². The van der Waals surface area contributed by atoms with E-state index in [4.69, 9.17) is 20.2 Å². The average Bonchev–Trinajstić information content (AvgIpc) is 3.90. The summed E-state index contributed by atoms with van der Waals surface area (Å²) in [7, 11) is 3.28. The number of nitrogens with two attached hydrogens (primary N) is 1. The number of ether oxygens (including phenoxy) is 2. The lowest BCUT2D eigenvalue weighted by Crippen LogP contribution is -2.62. The van der Waals surface area contributed by atoms with E-state index in [-0.39, 0.29) is 48.7 Å². The normalized spacial score (nSPS) is 22.6. The first-order valence-electron chi connectivity index (χ1n) is 21.5. The molecule has 61 heavy (non-hydrogen) atoms. The maximum Gasteiger partial charge on any atom is 0.324 e. The van der Waals surface area contributed by atoms with Gasteiger partial charge in [-0.2, -0.15) is 0 Å². The lowest BCUT2D eigenvalue weighted by atomic mass is 9.84. The molecule has 4 aromatic rings. The van der Waals surface area contributed by atoms with Crippen molar-refractivity contribution >= 4 is 34.6 Å². The summed E-state index contributed by atoms with van der Waals surface area (Å²) in [6.45, 7) is 13.1. The van der Waals surface area contributed by atoms with Gasteiger partial charge in [-0.15, -0.1) is 0 Å². The summed E-state index contributed by atoms with van der Waals surface area (Å²) in [5.41, 5.74) is 15.7. The first kappa shape index (κ1) is 43.8. The third-order valence-corrected chi connectivity index (χ3v) is 12.5. The van der Waals surface area contributed by atoms with Crippen LogP contribution in [0.3, 0.4) is 0 Å². The Labute approximate surface area is 358 Å². The van der Waals surface area contributed by atoms with Crippen molar-refractivity contribution in [2.45, 2.75) is 110 Å². The number of aromatic nitrogens is 2. The Bertz CT molecular complexity index is 2320. The van der Waals surface area contributed by atoms with Crippen molar-refractivity contribution in [2.75, 3.05) is 27.3 Å². The van der Waals surface area contributed by atoms with Crippen molar-refractivity contribution in [1.82, 2.24) is 30.2 Å². The van der Waals surface area contributed by atoms with Gasteiger partial charge in [-0.05, 0) is 104 Å². The summed E-state index contributed by atoms with van der Waals surface area (Å²) in [6.07, 6.45) is 3.64. The number of phenolic OH excluding ortho intramolecular Hbond substituents is 1. The minimum atomic E-state index is -1.12. The highest BCUT2D eigenvalue weighted by molar-refractivity contribution is 5.96. The number of esters is 1. The fraction of sp³-hybridized carbons (Fsp3) is 0.511. The molecule has 6 bridgehead atoms. The molecule has 3 aliphatic rings. The third kappa shape index (κ3) is 9.03. The van der Waals surface area contributed by atoms with E-state index in [1.807, 2.05) is 39.0 Å². The van der Waals surface area contributed by atoms with E-state index in [2.05, 4.69) is 54.3 Å². The van der Waals surface area contributed by atoms with Gasteiger partial charge in [0.2, 0.25) is 11.8 Å². The van der Waals surface area contributed by atoms with E-state index >= 15 is 0 Å².